The van der Waals surface area contributed by atoms with E-state index in [-0.39, 0.29) is 11.6 Å². The van der Waals surface area contributed by atoms with Gasteiger partial charge in [-0.25, -0.2) is 0 Å². The van der Waals surface area contributed by atoms with Crippen LogP contribution in [0.15, 0.2) is 23.6 Å². The van der Waals surface area contributed by atoms with Crippen molar-refractivity contribution in [1.29, 1.82) is 0 Å². The Morgan fingerprint density at radius 2 is 2.05 bits per heavy atom. The average Bonchev–Trinajstić information content (AvgIpc) is 2.31. The van der Waals surface area contributed by atoms with Gasteiger partial charge in [0.05, 0.1) is 18.4 Å². The first-order valence-electron chi connectivity index (χ1n) is 7.43. The number of piperidine rings is 1. The molecule has 0 saturated carbocycles. The second-order valence-corrected chi connectivity index (χ2v) is 6.21. The Bertz CT molecular complexity index is 384. The average molecular weight is 265 g/mol. The maximum absolute atomic E-state index is 5.90. The molecule has 0 aromatic rings. The van der Waals surface area contributed by atoms with Crippen molar-refractivity contribution in [2.45, 2.75) is 52.7 Å². The number of nitrogens with one attached hydrogen (secondary N) is 1. The Kier molecular flexibility index (Phi) is 4.24. The van der Waals surface area contributed by atoms with E-state index in [0.29, 0.717) is 18.4 Å². The summed E-state index contributed by atoms with van der Waals surface area (Å²) in [4.78, 5) is 0. The van der Waals surface area contributed by atoms with Crippen LogP contribution in [0.5, 0.6) is 0 Å². The molecule has 1 aliphatic carbocycles. The van der Waals surface area contributed by atoms with E-state index in [1.54, 1.807) is 0 Å². The predicted octanol–water partition coefficient (Wildman–Crippen LogP) is 3.23. The Balaban J connectivity index is 2.33. The van der Waals surface area contributed by atoms with E-state index >= 15 is 0 Å². The minimum atomic E-state index is 0.121. The second-order valence-electron chi connectivity index (χ2n) is 6.21. The van der Waals surface area contributed by atoms with Crippen molar-refractivity contribution < 1.29 is 9.47 Å². The molecule has 0 aromatic heterocycles. The van der Waals surface area contributed by atoms with Gasteiger partial charge in [-0.05, 0) is 46.1 Å². The fourth-order valence-electron chi connectivity index (χ4n) is 3.45. The molecule has 0 radical (unpaired) electrons. The molecule has 0 amide bonds. The van der Waals surface area contributed by atoms with Crippen molar-refractivity contribution in [3.63, 3.8) is 0 Å². The lowest BCUT2D eigenvalue weighted by molar-refractivity contribution is 0.0205. The van der Waals surface area contributed by atoms with Crippen LogP contribution in [0.2, 0.25) is 0 Å². The molecule has 3 unspecified atom stereocenters. The zero-order valence-electron chi connectivity index (χ0n) is 12.8. The van der Waals surface area contributed by atoms with E-state index < -0.39 is 0 Å². The van der Waals surface area contributed by atoms with Crippen LogP contribution >= 0.6 is 0 Å². The number of hydrogen-bond donors (Lipinski definition) is 1. The largest absolute Gasteiger partial charge is 0.492 e. The van der Waals surface area contributed by atoms with Crippen molar-refractivity contribution in [3.05, 3.63) is 23.6 Å². The Labute approximate surface area is 117 Å². The van der Waals surface area contributed by atoms with Gasteiger partial charge in [-0.15, -0.1) is 0 Å². The van der Waals surface area contributed by atoms with Crippen LogP contribution < -0.4 is 5.32 Å². The third-order valence-corrected chi connectivity index (χ3v) is 3.97. The molecule has 1 heterocycles. The SMILES string of the molecule is CCOC1=C2NC(C)(C)CC(C)C2C(OCC)C=C1. The van der Waals surface area contributed by atoms with E-state index in [0.717, 1.165) is 18.8 Å². The van der Waals surface area contributed by atoms with Crippen LogP contribution in [-0.4, -0.2) is 24.9 Å². The first kappa shape index (κ1) is 14.4. The maximum Gasteiger partial charge on any atom is 0.138 e. The summed E-state index contributed by atoms with van der Waals surface area (Å²) in [6.45, 7) is 12.4. The highest BCUT2D eigenvalue weighted by molar-refractivity contribution is 5.32. The van der Waals surface area contributed by atoms with Crippen molar-refractivity contribution in [2.75, 3.05) is 13.2 Å². The topological polar surface area (TPSA) is 30.5 Å². The number of rotatable bonds is 4. The molecular formula is C16H27NO2. The molecule has 2 rings (SSSR count). The zero-order chi connectivity index (χ0) is 14.0. The van der Waals surface area contributed by atoms with E-state index in [1.807, 2.05) is 6.92 Å². The summed E-state index contributed by atoms with van der Waals surface area (Å²) < 4.78 is 11.7. The number of fused-ring (bicyclic) bond motifs is 1. The lowest BCUT2D eigenvalue weighted by atomic mass is 9.72. The quantitative estimate of drug-likeness (QED) is 0.846. The summed E-state index contributed by atoms with van der Waals surface area (Å²) in [5.41, 5.74) is 1.35. The lowest BCUT2D eigenvalue weighted by Gasteiger charge is -2.46. The summed E-state index contributed by atoms with van der Waals surface area (Å²) in [6, 6.07) is 0. The van der Waals surface area contributed by atoms with Crippen LogP contribution in [0.1, 0.15) is 41.0 Å². The van der Waals surface area contributed by atoms with E-state index in [1.165, 1.54) is 5.70 Å². The molecule has 1 saturated heterocycles. The maximum atomic E-state index is 5.90. The van der Waals surface area contributed by atoms with Gasteiger partial charge < -0.3 is 14.8 Å². The van der Waals surface area contributed by atoms with Gasteiger partial charge in [-0.2, -0.15) is 0 Å². The first-order valence-corrected chi connectivity index (χ1v) is 7.43. The van der Waals surface area contributed by atoms with Gasteiger partial charge in [0.2, 0.25) is 0 Å². The molecule has 108 valence electrons. The van der Waals surface area contributed by atoms with Crippen molar-refractivity contribution in [1.82, 2.24) is 5.32 Å². The Morgan fingerprint density at radius 1 is 1.32 bits per heavy atom. The summed E-state index contributed by atoms with van der Waals surface area (Å²) in [6.07, 6.45) is 5.54. The third kappa shape index (κ3) is 2.97. The molecule has 1 N–H and O–H groups in total. The second kappa shape index (κ2) is 5.58. The zero-order valence-corrected chi connectivity index (χ0v) is 12.8. The van der Waals surface area contributed by atoms with Crippen LogP contribution in [0.25, 0.3) is 0 Å². The van der Waals surface area contributed by atoms with Gasteiger partial charge in [-0.1, -0.05) is 13.0 Å². The predicted molar refractivity (Wildman–Crippen MR) is 77.7 cm³/mol. The normalized spacial score (nSPS) is 32.8. The summed E-state index contributed by atoms with van der Waals surface area (Å²) in [7, 11) is 0. The standard InChI is InChI=1S/C16H27NO2/c1-6-18-12-8-9-13(19-7-2)15-14(12)11(3)10-16(4,5)17-15/h8-9,11-12,14,17H,6-7,10H2,1-5H3. The van der Waals surface area contributed by atoms with E-state index in [4.69, 9.17) is 9.47 Å². The van der Waals surface area contributed by atoms with Crippen LogP contribution in [-0.2, 0) is 9.47 Å². The molecule has 3 atom stereocenters. The molecule has 0 spiro atoms. The van der Waals surface area contributed by atoms with Gasteiger partial charge in [0, 0.05) is 18.1 Å². The number of allylic oxidation sites excluding steroid dienone is 1. The molecule has 1 aliphatic heterocycles. The fraction of sp³-hybridized carbons (Fsp3) is 0.750. The fourth-order valence-corrected chi connectivity index (χ4v) is 3.45. The van der Waals surface area contributed by atoms with Crippen LogP contribution in [0, 0.1) is 11.8 Å². The molecule has 19 heavy (non-hydrogen) atoms. The van der Waals surface area contributed by atoms with Gasteiger partial charge in [0.25, 0.3) is 0 Å². The minimum absolute atomic E-state index is 0.121. The molecule has 3 nitrogen and oxygen atoms in total. The summed E-state index contributed by atoms with van der Waals surface area (Å²) in [5.74, 6) is 1.96. The van der Waals surface area contributed by atoms with Gasteiger partial charge in [0.15, 0.2) is 0 Å². The van der Waals surface area contributed by atoms with Crippen LogP contribution in [0.4, 0.5) is 0 Å². The smallest absolute Gasteiger partial charge is 0.138 e. The molecule has 1 fully saturated rings. The third-order valence-electron chi connectivity index (χ3n) is 3.97. The summed E-state index contributed by atoms with van der Waals surface area (Å²) in [5, 5.41) is 3.67. The lowest BCUT2D eigenvalue weighted by Crippen LogP contribution is -2.52. The number of hydrogen-bond acceptors (Lipinski definition) is 3. The number of ether oxygens (including phenoxy) is 2. The minimum Gasteiger partial charge on any atom is -0.492 e. The van der Waals surface area contributed by atoms with E-state index in [9.17, 15) is 0 Å². The molecule has 0 bridgehead atoms. The highest BCUT2D eigenvalue weighted by Crippen LogP contribution is 2.41. The van der Waals surface area contributed by atoms with Crippen LogP contribution in [0.3, 0.4) is 0 Å². The molecular weight excluding hydrogens is 238 g/mol. The van der Waals surface area contributed by atoms with E-state index in [2.05, 4.69) is 45.2 Å². The Morgan fingerprint density at radius 3 is 2.68 bits per heavy atom. The first-order chi connectivity index (χ1) is 8.98. The van der Waals surface area contributed by atoms with Gasteiger partial charge in [-0.3, -0.25) is 0 Å². The van der Waals surface area contributed by atoms with Gasteiger partial charge >= 0.3 is 0 Å². The van der Waals surface area contributed by atoms with Crippen molar-refractivity contribution >= 4 is 0 Å². The summed E-state index contributed by atoms with van der Waals surface area (Å²) >= 11 is 0. The molecule has 2 aliphatic rings. The van der Waals surface area contributed by atoms with Crippen molar-refractivity contribution in [2.24, 2.45) is 11.8 Å². The monoisotopic (exact) mass is 265 g/mol. The molecule has 3 heteroatoms. The molecule has 0 aromatic carbocycles. The highest BCUT2D eigenvalue weighted by atomic mass is 16.5. The Hall–Kier alpha value is -0.960. The van der Waals surface area contributed by atoms with Crippen molar-refractivity contribution in [3.8, 4) is 0 Å². The van der Waals surface area contributed by atoms with Gasteiger partial charge in [0.1, 0.15) is 5.76 Å². The highest BCUT2D eigenvalue weighted by Gasteiger charge is 2.42.